The van der Waals surface area contributed by atoms with Crippen LogP contribution in [0.1, 0.15) is 17.5 Å². The standard InChI is InChI=1S/C17H16N4O2/c18-11-13-6-4-12(5-7-13)8-9-16(22)20-14-2-1-3-15(10-14)21-17(19)23/h1-7,10H,8-9H2,(H,20,22)(H3,19,21,23). The zero-order valence-electron chi connectivity index (χ0n) is 12.4. The number of nitrogens with zero attached hydrogens (tertiary/aromatic N) is 1. The van der Waals surface area contributed by atoms with Gasteiger partial charge in [0.25, 0.3) is 0 Å². The lowest BCUT2D eigenvalue weighted by Gasteiger charge is -2.08. The lowest BCUT2D eigenvalue weighted by Crippen LogP contribution is -2.19. The lowest BCUT2D eigenvalue weighted by molar-refractivity contribution is -0.116. The Bertz CT molecular complexity index is 748. The van der Waals surface area contributed by atoms with Gasteiger partial charge in [-0.2, -0.15) is 5.26 Å². The molecule has 0 spiro atoms. The van der Waals surface area contributed by atoms with Crippen LogP contribution in [-0.2, 0) is 11.2 Å². The Morgan fingerprint density at radius 1 is 1.04 bits per heavy atom. The molecule has 0 unspecified atom stereocenters. The van der Waals surface area contributed by atoms with Gasteiger partial charge in [-0.15, -0.1) is 0 Å². The van der Waals surface area contributed by atoms with Crippen LogP contribution in [0.4, 0.5) is 16.2 Å². The van der Waals surface area contributed by atoms with Crippen LogP contribution >= 0.6 is 0 Å². The van der Waals surface area contributed by atoms with Gasteiger partial charge in [0.2, 0.25) is 5.91 Å². The van der Waals surface area contributed by atoms with Crippen molar-refractivity contribution >= 4 is 23.3 Å². The summed E-state index contributed by atoms with van der Waals surface area (Å²) in [4.78, 5) is 22.8. The molecule has 0 atom stereocenters. The Hall–Kier alpha value is -3.33. The first-order valence-electron chi connectivity index (χ1n) is 7.02. The molecule has 3 amide bonds. The first kappa shape index (κ1) is 16.0. The van der Waals surface area contributed by atoms with Crippen LogP contribution in [0.3, 0.4) is 0 Å². The number of primary amides is 1. The van der Waals surface area contributed by atoms with Crippen molar-refractivity contribution in [2.24, 2.45) is 5.73 Å². The second kappa shape index (κ2) is 7.61. The number of hydrogen-bond acceptors (Lipinski definition) is 3. The summed E-state index contributed by atoms with van der Waals surface area (Å²) in [5, 5.41) is 14.0. The van der Waals surface area contributed by atoms with Crippen LogP contribution in [-0.4, -0.2) is 11.9 Å². The number of nitrogens with one attached hydrogen (secondary N) is 2. The van der Waals surface area contributed by atoms with Crippen molar-refractivity contribution in [2.45, 2.75) is 12.8 Å². The zero-order chi connectivity index (χ0) is 16.7. The molecule has 23 heavy (non-hydrogen) atoms. The molecule has 0 bridgehead atoms. The van der Waals surface area contributed by atoms with Crippen molar-refractivity contribution in [1.29, 1.82) is 5.26 Å². The van der Waals surface area contributed by atoms with Crippen LogP contribution in [0.15, 0.2) is 48.5 Å². The van der Waals surface area contributed by atoms with Crippen LogP contribution in [0.2, 0.25) is 0 Å². The highest BCUT2D eigenvalue weighted by Gasteiger charge is 2.05. The van der Waals surface area contributed by atoms with Gasteiger partial charge in [0.1, 0.15) is 0 Å². The first-order valence-corrected chi connectivity index (χ1v) is 7.02. The number of amides is 3. The predicted molar refractivity (Wildman–Crippen MR) is 87.8 cm³/mol. The molecule has 2 rings (SSSR count). The Kier molecular flexibility index (Phi) is 5.31. The van der Waals surface area contributed by atoms with Gasteiger partial charge in [0.15, 0.2) is 0 Å². The monoisotopic (exact) mass is 308 g/mol. The number of urea groups is 1. The molecule has 2 aromatic carbocycles. The number of carbonyl (C=O) groups excluding carboxylic acids is 2. The van der Waals surface area contributed by atoms with Crippen molar-refractivity contribution < 1.29 is 9.59 Å². The van der Waals surface area contributed by atoms with E-state index in [2.05, 4.69) is 16.7 Å². The van der Waals surface area contributed by atoms with Gasteiger partial charge in [-0.05, 0) is 42.3 Å². The van der Waals surface area contributed by atoms with Crippen LogP contribution in [0.5, 0.6) is 0 Å². The maximum atomic E-state index is 12.0. The predicted octanol–water partition coefficient (Wildman–Crippen LogP) is 2.62. The molecule has 0 fully saturated rings. The third-order valence-corrected chi connectivity index (χ3v) is 3.14. The number of carbonyl (C=O) groups is 2. The summed E-state index contributed by atoms with van der Waals surface area (Å²) >= 11 is 0. The zero-order valence-corrected chi connectivity index (χ0v) is 12.4. The van der Waals surface area contributed by atoms with Gasteiger partial charge in [-0.1, -0.05) is 18.2 Å². The normalized spacial score (nSPS) is 9.70. The largest absolute Gasteiger partial charge is 0.351 e. The molecule has 0 radical (unpaired) electrons. The van der Waals surface area contributed by atoms with Crippen molar-refractivity contribution in [3.63, 3.8) is 0 Å². The smallest absolute Gasteiger partial charge is 0.316 e. The fourth-order valence-electron chi connectivity index (χ4n) is 2.04. The van der Waals surface area contributed by atoms with E-state index in [9.17, 15) is 9.59 Å². The van der Waals surface area contributed by atoms with Crippen molar-refractivity contribution in [3.05, 3.63) is 59.7 Å². The fourth-order valence-corrected chi connectivity index (χ4v) is 2.04. The van der Waals surface area contributed by atoms with E-state index < -0.39 is 6.03 Å². The Morgan fingerprint density at radius 2 is 1.70 bits per heavy atom. The molecule has 6 nitrogen and oxygen atoms in total. The highest BCUT2D eigenvalue weighted by atomic mass is 16.2. The minimum absolute atomic E-state index is 0.134. The Balaban J connectivity index is 1.89. The topological polar surface area (TPSA) is 108 Å². The minimum Gasteiger partial charge on any atom is -0.351 e. The number of rotatable bonds is 5. The van der Waals surface area contributed by atoms with E-state index in [1.165, 1.54) is 0 Å². The SMILES string of the molecule is N#Cc1ccc(CCC(=O)Nc2cccc(NC(N)=O)c2)cc1. The van der Waals surface area contributed by atoms with Crippen LogP contribution in [0.25, 0.3) is 0 Å². The number of nitrogens with two attached hydrogens (primary N) is 1. The highest BCUT2D eigenvalue weighted by Crippen LogP contribution is 2.15. The van der Waals surface area contributed by atoms with Gasteiger partial charge >= 0.3 is 6.03 Å². The average Bonchev–Trinajstić information content (AvgIpc) is 2.53. The molecule has 2 aromatic rings. The average molecular weight is 308 g/mol. The molecular formula is C17H16N4O2. The summed E-state index contributed by atoms with van der Waals surface area (Å²) in [6.45, 7) is 0. The fraction of sp³-hybridized carbons (Fsp3) is 0.118. The summed E-state index contributed by atoms with van der Waals surface area (Å²) in [5.41, 5.74) is 7.74. The number of benzene rings is 2. The summed E-state index contributed by atoms with van der Waals surface area (Å²) in [6, 6.07) is 15.3. The molecule has 0 heterocycles. The van der Waals surface area contributed by atoms with Gasteiger partial charge in [0, 0.05) is 17.8 Å². The first-order chi connectivity index (χ1) is 11.1. The second-order valence-corrected chi connectivity index (χ2v) is 4.93. The van der Waals surface area contributed by atoms with Gasteiger partial charge in [-0.25, -0.2) is 4.79 Å². The minimum atomic E-state index is -0.658. The Morgan fingerprint density at radius 3 is 2.30 bits per heavy atom. The van der Waals surface area contributed by atoms with Crippen LogP contribution < -0.4 is 16.4 Å². The van der Waals surface area contributed by atoms with E-state index in [4.69, 9.17) is 11.0 Å². The maximum Gasteiger partial charge on any atom is 0.316 e. The summed E-state index contributed by atoms with van der Waals surface area (Å²) in [6.07, 6.45) is 0.899. The van der Waals surface area contributed by atoms with Crippen molar-refractivity contribution in [2.75, 3.05) is 10.6 Å². The van der Waals surface area contributed by atoms with E-state index in [0.717, 1.165) is 5.56 Å². The van der Waals surface area contributed by atoms with Crippen molar-refractivity contribution in [3.8, 4) is 6.07 Å². The third kappa shape index (κ3) is 5.17. The van der Waals surface area contributed by atoms with Crippen LogP contribution in [0, 0.1) is 11.3 Å². The summed E-state index contributed by atoms with van der Waals surface area (Å²) in [7, 11) is 0. The summed E-state index contributed by atoms with van der Waals surface area (Å²) < 4.78 is 0. The molecule has 0 aliphatic carbocycles. The molecule has 0 saturated carbocycles. The molecule has 0 aromatic heterocycles. The molecule has 0 aliphatic rings. The van der Waals surface area contributed by atoms with E-state index in [1.807, 2.05) is 12.1 Å². The number of hydrogen-bond donors (Lipinski definition) is 3. The van der Waals surface area contributed by atoms with E-state index in [1.54, 1.807) is 36.4 Å². The van der Waals surface area contributed by atoms with Gasteiger partial charge in [0.05, 0.1) is 11.6 Å². The van der Waals surface area contributed by atoms with Gasteiger partial charge < -0.3 is 16.4 Å². The molecule has 4 N–H and O–H groups in total. The highest BCUT2D eigenvalue weighted by molar-refractivity contribution is 5.93. The van der Waals surface area contributed by atoms with E-state index in [-0.39, 0.29) is 5.91 Å². The Labute approximate surface area is 133 Å². The molecule has 0 aliphatic heterocycles. The molecular weight excluding hydrogens is 292 g/mol. The molecule has 6 heteroatoms. The second-order valence-electron chi connectivity index (χ2n) is 4.93. The van der Waals surface area contributed by atoms with E-state index >= 15 is 0 Å². The quantitative estimate of drug-likeness (QED) is 0.790. The number of aryl methyl sites for hydroxylation is 1. The third-order valence-electron chi connectivity index (χ3n) is 3.14. The maximum absolute atomic E-state index is 12.0. The van der Waals surface area contributed by atoms with Gasteiger partial charge in [-0.3, -0.25) is 4.79 Å². The van der Waals surface area contributed by atoms with Crippen molar-refractivity contribution in [1.82, 2.24) is 0 Å². The summed E-state index contributed by atoms with van der Waals surface area (Å²) in [5.74, 6) is -0.134. The molecule has 0 saturated heterocycles. The number of nitriles is 1. The molecule has 116 valence electrons. The number of anilines is 2. The van der Waals surface area contributed by atoms with E-state index in [0.29, 0.717) is 29.8 Å². The lowest BCUT2D eigenvalue weighted by atomic mass is 10.1.